The van der Waals surface area contributed by atoms with Crippen LogP contribution in [0.15, 0.2) is 65.2 Å². The number of halogens is 1. The van der Waals surface area contributed by atoms with Gasteiger partial charge in [0.2, 0.25) is 0 Å². The van der Waals surface area contributed by atoms with Crippen LogP contribution in [0.3, 0.4) is 0 Å². The fraction of sp³-hybridized carbons (Fsp3) is 0.0952. The largest absolute Gasteiger partial charge is 0.486 e. The zero-order valence-electron chi connectivity index (χ0n) is 14.2. The molecule has 6 heteroatoms. The van der Waals surface area contributed by atoms with Crippen molar-refractivity contribution >= 4 is 34.1 Å². The number of hydrogen-bond donors (Lipinski definition) is 1. The van der Waals surface area contributed by atoms with Crippen LogP contribution in [0.1, 0.15) is 0 Å². The fourth-order valence-electron chi connectivity index (χ4n) is 3.17. The van der Waals surface area contributed by atoms with E-state index in [2.05, 4.69) is 10.5 Å². The zero-order valence-corrected chi connectivity index (χ0v) is 15.0. The number of anilines is 2. The van der Waals surface area contributed by atoms with Gasteiger partial charge in [0.25, 0.3) is 0 Å². The van der Waals surface area contributed by atoms with Gasteiger partial charge in [-0.1, -0.05) is 47.1 Å². The van der Waals surface area contributed by atoms with Crippen molar-refractivity contribution in [3.8, 4) is 22.6 Å². The van der Waals surface area contributed by atoms with Crippen molar-refractivity contribution in [1.29, 1.82) is 0 Å². The van der Waals surface area contributed by atoms with E-state index in [9.17, 15) is 0 Å². The predicted octanol–water partition coefficient (Wildman–Crippen LogP) is 5.66. The Morgan fingerprint density at radius 3 is 2.67 bits per heavy atom. The first kappa shape index (κ1) is 16.0. The molecule has 0 aliphatic carbocycles. The molecule has 5 rings (SSSR count). The van der Waals surface area contributed by atoms with Crippen molar-refractivity contribution in [1.82, 2.24) is 5.16 Å². The number of rotatable bonds is 3. The van der Waals surface area contributed by atoms with E-state index in [-0.39, 0.29) is 0 Å². The minimum absolute atomic E-state index is 0.547. The lowest BCUT2D eigenvalue weighted by Gasteiger charge is -2.19. The van der Waals surface area contributed by atoms with Gasteiger partial charge in [0, 0.05) is 5.56 Å². The van der Waals surface area contributed by atoms with E-state index in [0.717, 1.165) is 39.3 Å². The SMILES string of the molecule is Clc1c(Nc2noc3ccccc23)cccc1-c1ccc2c(c1)OCCO2. The summed E-state index contributed by atoms with van der Waals surface area (Å²) < 4.78 is 16.6. The monoisotopic (exact) mass is 378 g/mol. The maximum Gasteiger partial charge on any atom is 0.181 e. The summed E-state index contributed by atoms with van der Waals surface area (Å²) >= 11 is 6.70. The molecule has 1 aromatic heterocycles. The highest BCUT2D eigenvalue weighted by molar-refractivity contribution is 6.36. The molecule has 0 amide bonds. The number of ether oxygens (including phenoxy) is 2. The summed E-state index contributed by atoms with van der Waals surface area (Å²) in [7, 11) is 0. The third-order valence-corrected chi connectivity index (χ3v) is 4.89. The molecule has 1 N–H and O–H groups in total. The number of hydrogen-bond acceptors (Lipinski definition) is 5. The molecule has 134 valence electrons. The van der Waals surface area contributed by atoms with E-state index < -0.39 is 0 Å². The van der Waals surface area contributed by atoms with Crippen molar-refractivity contribution < 1.29 is 14.0 Å². The maximum absolute atomic E-state index is 6.70. The van der Waals surface area contributed by atoms with Gasteiger partial charge in [-0.05, 0) is 35.9 Å². The van der Waals surface area contributed by atoms with Crippen molar-refractivity contribution in [2.24, 2.45) is 0 Å². The molecule has 2 heterocycles. The molecule has 0 fully saturated rings. The number of aromatic nitrogens is 1. The van der Waals surface area contributed by atoms with Crippen molar-refractivity contribution in [3.63, 3.8) is 0 Å². The van der Waals surface area contributed by atoms with E-state index in [4.69, 9.17) is 25.6 Å². The smallest absolute Gasteiger partial charge is 0.181 e. The topological polar surface area (TPSA) is 56.5 Å². The lowest BCUT2D eigenvalue weighted by Crippen LogP contribution is -2.15. The minimum Gasteiger partial charge on any atom is -0.486 e. The highest BCUT2D eigenvalue weighted by atomic mass is 35.5. The Hall–Kier alpha value is -3.18. The molecule has 5 nitrogen and oxygen atoms in total. The number of benzene rings is 3. The van der Waals surface area contributed by atoms with Crippen LogP contribution in [0.2, 0.25) is 5.02 Å². The molecule has 0 spiro atoms. The van der Waals surface area contributed by atoms with Gasteiger partial charge in [-0.25, -0.2) is 0 Å². The summed E-state index contributed by atoms with van der Waals surface area (Å²) in [5.74, 6) is 2.12. The number of fused-ring (bicyclic) bond motifs is 2. The second-order valence-corrected chi connectivity index (χ2v) is 6.56. The van der Waals surface area contributed by atoms with Crippen LogP contribution in [0.4, 0.5) is 11.5 Å². The first-order valence-corrected chi connectivity index (χ1v) is 8.97. The van der Waals surface area contributed by atoms with Gasteiger partial charge in [-0.15, -0.1) is 0 Å². The Kier molecular flexibility index (Phi) is 3.87. The normalized spacial score (nSPS) is 12.9. The zero-order chi connectivity index (χ0) is 18.2. The van der Waals surface area contributed by atoms with Crippen LogP contribution in [0.25, 0.3) is 22.1 Å². The molecule has 0 bridgehead atoms. The van der Waals surface area contributed by atoms with E-state index in [0.29, 0.717) is 24.1 Å². The van der Waals surface area contributed by atoms with E-state index in [1.54, 1.807) is 0 Å². The van der Waals surface area contributed by atoms with Gasteiger partial charge < -0.3 is 19.3 Å². The fourth-order valence-corrected chi connectivity index (χ4v) is 3.45. The van der Waals surface area contributed by atoms with E-state index >= 15 is 0 Å². The van der Waals surface area contributed by atoms with Crippen LogP contribution in [0.5, 0.6) is 11.5 Å². The standard InChI is InChI=1S/C21H15ClN2O3/c22-20-14(13-8-9-18-19(12-13)26-11-10-25-18)5-3-6-16(20)23-21-15-4-1-2-7-17(15)27-24-21/h1-9,12H,10-11H2,(H,23,24). The third kappa shape index (κ3) is 2.86. The third-order valence-electron chi connectivity index (χ3n) is 4.48. The Morgan fingerprint density at radius 1 is 0.889 bits per heavy atom. The molecule has 0 radical (unpaired) electrons. The molecule has 0 unspecified atom stereocenters. The predicted molar refractivity (Wildman–Crippen MR) is 105 cm³/mol. The maximum atomic E-state index is 6.70. The Labute approximate surface area is 160 Å². The molecule has 3 aromatic carbocycles. The summed E-state index contributed by atoms with van der Waals surface area (Å²) in [5.41, 5.74) is 3.33. The van der Waals surface area contributed by atoms with Crippen molar-refractivity contribution in [2.45, 2.75) is 0 Å². The molecule has 1 aliphatic rings. The quantitative estimate of drug-likeness (QED) is 0.498. The highest BCUT2D eigenvalue weighted by Gasteiger charge is 2.16. The molecule has 1 aliphatic heterocycles. The van der Waals surface area contributed by atoms with Crippen LogP contribution in [-0.2, 0) is 0 Å². The van der Waals surface area contributed by atoms with Crippen molar-refractivity contribution in [3.05, 3.63) is 65.7 Å². The Bertz CT molecular complexity index is 1140. The van der Waals surface area contributed by atoms with Gasteiger partial charge in [-0.2, -0.15) is 0 Å². The molecule has 0 saturated carbocycles. The molecular weight excluding hydrogens is 364 g/mol. The summed E-state index contributed by atoms with van der Waals surface area (Å²) in [4.78, 5) is 0. The van der Waals surface area contributed by atoms with Gasteiger partial charge in [0.05, 0.1) is 16.1 Å². The number of nitrogens with one attached hydrogen (secondary N) is 1. The van der Waals surface area contributed by atoms with Crippen LogP contribution in [-0.4, -0.2) is 18.4 Å². The molecular formula is C21H15ClN2O3. The second-order valence-electron chi connectivity index (χ2n) is 6.18. The Morgan fingerprint density at radius 2 is 1.74 bits per heavy atom. The van der Waals surface area contributed by atoms with E-state index in [1.807, 2.05) is 60.7 Å². The Balaban J connectivity index is 1.53. The number of para-hydroxylation sites is 1. The summed E-state index contributed by atoms with van der Waals surface area (Å²) in [6.07, 6.45) is 0. The van der Waals surface area contributed by atoms with Crippen LogP contribution < -0.4 is 14.8 Å². The first-order valence-electron chi connectivity index (χ1n) is 8.59. The number of nitrogens with zero attached hydrogens (tertiary/aromatic N) is 1. The summed E-state index contributed by atoms with van der Waals surface area (Å²) in [6, 6.07) is 19.3. The van der Waals surface area contributed by atoms with Gasteiger partial charge in [0.1, 0.15) is 13.2 Å². The molecule has 0 saturated heterocycles. The average Bonchev–Trinajstić information content (AvgIpc) is 3.12. The molecule has 4 aromatic rings. The molecule has 27 heavy (non-hydrogen) atoms. The van der Waals surface area contributed by atoms with Gasteiger partial charge in [0.15, 0.2) is 22.9 Å². The van der Waals surface area contributed by atoms with Gasteiger partial charge in [-0.3, -0.25) is 0 Å². The molecule has 0 atom stereocenters. The van der Waals surface area contributed by atoms with Crippen LogP contribution >= 0.6 is 11.6 Å². The lowest BCUT2D eigenvalue weighted by atomic mass is 10.0. The van der Waals surface area contributed by atoms with Crippen molar-refractivity contribution in [2.75, 3.05) is 18.5 Å². The second kappa shape index (κ2) is 6.52. The van der Waals surface area contributed by atoms with Crippen LogP contribution in [0, 0.1) is 0 Å². The minimum atomic E-state index is 0.547. The summed E-state index contributed by atoms with van der Waals surface area (Å²) in [6.45, 7) is 1.11. The highest BCUT2D eigenvalue weighted by Crippen LogP contribution is 2.40. The lowest BCUT2D eigenvalue weighted by molar-refractivity contribution is 0.171. The average molecular weight is 379 g/mol. The van der Waals surface area contributed by atoms with E-state index in [1.165, 1.54) is 0 Å². The first-order chi connectivity index (χ1) is 13.3. The summed E-state index contributed by atoms with van der Waals surface area (Å²) in [5, 5.41) is 8.89. The van der Waals surface area contributed by atoms with Gasteiger partial charge >= 0.3 is 0 Å².